The van der Waals surface area contributed by atoms with E-state index in [1.807, 2.05) is 0 Å². The van der Waals surface area contributed by atoms with Crippen LogP contribution in [0.4, 0.5) is 22.0 Å². The Kier molecular flexibility index (Phi) is 3.32. The topological polar surface area (TPSA) is 0 Å². The Hall–Kier alpha value is -0.333. The molecule has 0 radical (unpaired) electrons. The van der Waals surface area contributed by atoms with Crippen LogP contribution < -0.4 is 5.19 Å². The first-order valence-electron chi connectivity index (χ1n) is 3.57. The second kappa shape index (κ2) is 3.91. The molecule has 1 aromatic rings. The van der Waals surface area contributed by atoms with Crippen LogP contribution in [-0.2, 0) is 0 Å². The number of benzene rings is 1. The van der Waals surface area contributed by atoms with Crippen LogP contribution in [0.25, 0.3) is 0 Å². The highest BCUT2D eigenvalue weighted by Gasteiger charge is 2.37. The van der Waals surface area contributed by atoms with Gasteiger partial charge in [-0.25, -0.2) is 22.0 Å². The molecule has 0 amide bonds. The molecule has 0 N–H and O–H groups in total. The van der Waals surface area contributed by atoms with Gasteiger partial charge in [-0.3, -0.25) is 0 Å². The summed E-state index contributed by atoms with van der Waals surface area (Å²) in [7, 11) is 0. The number of hydrogen-bond acceptors (Lipinski definition) is 0. The zero-order valence-corrected chi connectivity index (χ0v) is 9.66. The SMILES string of the molecule is C[Si](Cl)(Cl)c1c(F)c(F)c(F)c(F)c1F. The molecule has 8 heteroatoms. The van der Waals surface area contributed by atoms with E-state index in [1.54, 1.807) is 0 Å². The molecule has 0 aliphatic rings. The normalized spacial score (nSPS) is 12.0. The zero-order valence-electron chi connectivity index (χ0n) is 7.15. The first-order valence-corrected chi connectivity index (χ1v) is 8.10. The molecule has 15 heavy (non-hydrogen) atoms. The molecule has 0 bridgehead atoms. The van der Waals surface area contributed by atoms with Gasteiger partial charge in [0.2, 0.25) is 5.82 Å². The van der Waals surface area contributed by atoms with Crippen LogP contribution in [0, 0.1) is 29.1 Å². The van der Waals surface area contributed by atoms with Gasteiger partial charge in [0.15, 0.2) is 23.3 Å². The zero-order chi connectivity index (χ0) is 12.0. The second-order valence-corrected chi connectivity index (χ2v) is 10.2. The molecular weight excluding hydrogens is 278 g/mol. The van der Waals surface area contributed by atoms with E-state index in [-0.39, 0.29) is 0 Å². The standard InChI is InChI=1S/C7H3Cl2F5Si/c1-15(8,9)7-5(13)3(11)2(10)4(12)6(7)14/h1H3. The van der Waals surface area contributed by atoms with Gasteiger partial charge in [-0.15, -0.1) is 22.2 Å². The van der Waals surface area contributed by atoms with Crippen LogP contribution in [0.2, 0.25) is 6.55 Å². The lowest BCUT2D eigenvalue weighted by atomic mass is 10.3. The third-order valence-corrected chi connectivity index (χ3v) is 4.10. The quantitative estimate of drug-likeness (QED) is 0.244. The number of halogens is 7. The van der Waals surface area contributed by atoms with Crippen molar-refractivity contribution in [3.05, 3.63) is 29.1 Å². The lowest BCUT2D eigenvalue weighted by molar-refractivity contribution is 0.384. The van der Waals surface area contributed by atoms with Gasteiger partial charge in [0.25, 0.3) is 6.69 Å². The minimum atomic E-state index is -3.66. The van der Waals surface area contributed by atoms with Gasteiger partial charge in [-0.1, -0.05) is 0 Å². The molecule has 1 aromatic carbocycles. The summed E-state index contributed by atoms with van der Waals surface area (Å²) in [6.07, 6.45) is 0. The predicted octanol–water partition coefficient (Wildman–Crippen LogP) is 3.14. The molecular formula is C7H3Cl2F5Si. The Morgan fingerprint density at radius 1 is 0.733 bits per heavy atom. The average molecular weight is 281 g/mol. The molecule has 1 rings (SSSR count). The lowest BCUT2D eigenvalue weighted by Crippen LogP contribution is -2.40. The molecule has 84 valence electrons. The summed E-state index contributed by atoms with van der Waals surface area (Å²) in [4.78, 5) is 0. The summed E-state index contributed by atoms with van der Waals surface area (Å²) >= 11 is 10.9. The molecule has 0 unspecified atom stereocenters. The molecule has 0 nitrogen and oxygen atoms in total. The maximum absolute atomic E-state index is 13.0. The van der Waals surface area contributed by atoms with Crippen molar-refractivity contribution in [2.45, 2.75) is 6.55 Å². The molecule has 0 atom stereocenters. The highest BCUT2D eigenvalue weighted by molar-refractivity contribution is 7.50. The van der Waals surface area contributed by atoms with Gasteiger partial charge in [0.1, 0.15) is 0 Å². The van der Waals surface area contributed by atoms with Crippen LogP contribution >= 0.6 is 22.2 Å². The lowest BCUT2D eigenvalue weighted by Gasteiger charge is -2.14. The van der Waals surface area contributed by atoms with E-state index in [2.05, 4.69) is 0 Å². The third-order valence-electron chi connectivity index (χ3n) is 1.65. The summed E-state index contributed by atoms with van der Waals surface area (Å²) in [6.45, 7) is -2.62. The van der Waals surface area contributed by atoms with Crippen molar-refractivity contribution >= 4 is 34.0 Å². The number of hydrogen-bond donors (Lipinski definition) is 0. The predicted molar refractivity (Wildman–Crippen MR) is 49.2 cm³/mol. The van der Waals surface area contributed by atoms with E-state index in [4.69, 9.17) is 22.2 Å². The fraction of sp³-hybridized carbons (Fsp3) is 0.143. The average Bonchev–Trinajstić information content (AvgIpc) is 2.09. The molecule has 0 spiro atoms. The van der Waals surface area contributed by atoms with Crippen LogP contribution in [0.5, 0.6) is 0 Å². The minimum Gasteiger partial charge on any atom is -0.204 e. The highest BCUT2D eigenvalue weighted by Crippen LogP contribution is 2.23. The smallest absolute Gasteiger partial charge is 0.204 e. The van der Waals surface area contributed by atoms with Gasteiger partial charge < -0.3 is 0 Å². The maximum Gasteiger partial charge on any atom is 0.283 e. The molecule has 0 aliphatic heterocycles. The van der Waals surface area contributed by atoms with Crippen molar-refractivity contribution in [3.63, 3.8) is 0 Å². The van der Waals surface area contributed by atoms with Crippen LogP contribution in [-0.4, -0.2) is 6.69 Å². The van der Waals surface area contributed by atoms with Crippen LogP contribution in [0.3, 0.4) is 0 Å². The summed E-state index contributed by atoms with van der Waals surface area (Å²) in [5.74, 6) is -10.2. The minimum absolute atomic E-state index is 1.04. The first kappa shape index (κ1) is 12.7. The van der Waals surface area contributed by atoms with Gasteiger partial charge in [0, 0.05) is 5.19 Å². The van der Waals surface area contributed by atoms with Crippen molar-refractivity contribution in [1.82, 2.24) is 0 Å². The van der Waals surface area contributed by atoms with Crippen LogP contribution in [0.15, 0.2) is 0 Å². The van der Waals surface area contributed by atoms with E-state index in [0.717, 1.165) is 6.55 Å². The van der Waals surface area contributed by atoms with E-state index < -0.39 is 41.0 Å². The van der Waals surface area contributed by atoms with Crippen molar-refractivity contribution in [1.29, 1.82) is 0 Å². The molecule has 0 saturated carbocycles. The van der Waals surface area contributed by atoms with Crippen molar-refractivity contribution < 1.29 is 22.0 Å². The monoisotopic (exact) mass is 280 g/mol. The Labute approximate surface area is 92.0 Å². The van der Waals surface area contributed by atoms with Crippen molar-refractivity contribution in [3.8, 4) is 0 Å². The molecule has 0 aliphatic carbocycles. The van der Waals surface area contributed by atoms with Crippen molar-refractivity contribution in [2.24, 2.45) is 0 Å². The van der Waals surface area contributed by atoms with E-state index in [1.165, 1.54) is 0 Å². The van der Waals surface area contributed by atoms with Gasteiger partial charge >= 0.3 is 0 Å². The fourth-order valence-corrected chi connectivity index (χ4v) is 2.98. The Morgan fingerprint density at radius 2 is 1.00 bits per heavy atom. The Bertz CT molecular complexity index is 386. The van der Waals surface area contributed by atoms with Gasteiger partial charge in [-0.2, -0.15) is 0 Å². The molecule has 0 heterocycles. The van der Waals surface area contributed by atoms with E-state index in [0.29, 0.717) is 0 Å². The van der Waals surface area contributed by atoms with Crippen LogP contribution in [0.1, 0.15) is 0 Å². The van der Waals surface area contributed by atoms with Gasteiger partial charge in [0.05, 0.1) is 0 Å². The second-order valence-electron chi connectivity index (χ2n) is 2.83. The van der Waals surface area contributed by atoms with Crippen molar-refractivity contribution in [2.75, 3.05) is 0 Å². The molecule has 0 aromatic heterocycles. The summed E-state index contributed by atoms with van der Waals surface area (Å²) in [5.41, 5.74) is 0. The maximum atomic E-state index is 13.0. The number of rotatable bonds is 1. The highest BCUT2D eigenvalue weighted by atomic mass is 35.7. The summed E-state index contributed by atoms with van der Waals surface area (Å²) < 4.78 is 64.0. The molecule has 0 fully saturated rings. The Morgan fingerprint density at radius 3 is 1.27 bits per heavy atom. The van der Waals surface area contributed by atoms with E-state index in [9.17, 15) is 22.0 Å². The fourth-order valence-electron chi connectivity index (χ4n) is 0.990. The summed E-state index contributed by atoms with van der Waals surface area (Å²) in [5, 5.41) is -1.12. The Balaban J connectivity index is 3.68. The third kappa shape index (κ3) is 2.11. The largest absolute Gasteiger partial charge is 0.283 e. The molecule has 0 saturated heterocycles. The summed E-state index contributed by atoms with van der Waals surface area (Å²) in [6, 6.07) is 0. The van der Waals surface area contributed by atoms with E-state index >= 15 is 0 Å². The first-order chi connectivity index (χ1) is 6.68. The van der Waals surface area contributed by atoms with Gasteiger partial charge in [-0.05, 0) is 6.55 Å².